The molecule has 1 aliphatic carbocycles. The van der Waals surface area contributed by atoms with Gasteiger partial charge in [0.25, 0.3) is 0 Å². The molecule has 1 aromatic carbocycles. The average Bonchev–Trinajstić information content (AvgIpc) is 3.04. The standard InChI is InChI=1S/C19H23N3OS.ClH/c23-18(14-8-10-20-11-9-14)22-19-21-16-7-6-15(12-17(16)24-19)13-4-2-1-3-5-13;/h1-5,14-15,20H,6-12H2,(H,21,22,23);1H. The second-order valence-electron chi connectivity index (χ2n) is 6.75. The number of thiazole rings is 1. The van der Waals surface area contributed by atoms with E-state index in [9.17, 15) is 4.79 Å². The Labute approximate surface area is 158 Å². The Bertz CT molecular complexity index is 713. The zero-order chi connectivity index (χ0) is 16.4. The molecule has 6 heteroatoms. The van der Waals surface area contributed by atoms with Crippen LogP contribution in [0.1, 0.15) is 41.3 Å². The summed E-state index contributed by atoms with van der Waals surface area (Å²) in [6.07, 6.45) is 5.04. The molecule has 1 saturated heterocycles. The van der Waals surface area contributed by atoms with E-state index in [1.807, 2.05) is 0 Å². The van der Waals surface area contributed by atoms with E-state index in [1.165, 1.54) is 16.1 Å². The van der Waals surface area contributed by atoms with Crippen LogP contribution in [0, 0.1) is 5.92 Å². The van der Waals surface area contributed by atoms with E-state index in [0.29, 0.717) is 5.92 Å². The number of hydrogen-bond donors (Lipinski definition) is 2. The number of benzene rings is 1. The fourth-order valence-corrected chi connectivity index (χ4v) is 4.82. The number of halogens is 1. The van der Waals surface area contributed by atoms with E-state index < -0.39 is 0 Å². The molecule has 1 aliphatic heterocycles. The van der Waals surface area contributed by atoms with E-state index in [4.69, 9.17) is 0 Å². The maximum absolute atomic E-state index is 12.4. The van der Waals surface area contributed by atoms with Gasteiger partial charge in [-0.05, 0) is 56.7 Å². The molecular formula is C19H24ClN3OS. The fraction of sp³-hybridized carbons (Fsp3) is 0.474. The van der Waals surface area contributed by atoms with E-state index in [-0.39, 0.29) is 24.2 Å². The van der Waals surface area contributed by atoms with Crippen LogP contribution in [0.25, 0.3) is 0 Å². The number of aromatic nitrogens is 1. The van der Waals surface area contributed by atoms with Crippen molar-refractivity contribution in [2.45, 2.75) is 38.0 Å². The topological polar surface area (TPSA) is 54.0 Å². The lowest BCUT2D eigenvalue weighted by Gasteiger charge is -2.21. The lowest BCUT2D eigenvalue weighted by atomic mass is 9.85. The number of nitrogens with zero attached hydrogens (tertiary/aromatic N) is 1. The molecule has 2 heterocycles. The van der Waals surface area contributed by atoms with Crippen molar-refractivity contribution >= 4 is 34.8 Å². The Morgan fingerprint density at radius 1 is 1.16 bits per heavy atom. The van der Waals surface area contributed by atoms with Crippen LogP contribution in [0.3, 0.4) is 0 Å². The van der Waals surface area contributed by atoms with Gasteiger partial charge in [-0.2, -0.15) is 0 Å². The van der Waals surface area contributed by atoms with Gasteiger partial charge in [0, 0.05) is 10.8 Å². The summed E-state index contributed by atoms with van der Waals surface area (Å²) in [5.41, 5.74) is 2.60. The van der Waals surface area contributed by atoms with Gasteiger partial charge in [0.05, 0.1) is 5.69 Å². The van der Waals surface area contributed by atoms with Crippen LogP contribution >= 0.6 is 23.7 Å². The van der Waals surface area contributed by atoms with Gasteiger partial charge in [-0.15, -0.1) is 23.7 Å². The average molecular weight is 378 g/mol. The minimum Gasteiger partial charge on any atom is -0.317 e. The Morgan fingerprint density at radius 3 is 2.68 bits per heavy atom. The number of anilines is 1. The fourth-order valence-electron chi connectivity index (χ4n) is 3.73. The van der Waals surface area contributed by atoms with Gasteiger partial charge in [0.2, 0.25) is 5.91 Å². The zero-order valence-corrected chi connectivity index (χ0v) is 15.8. The third kappa shape index (κ3) is 4.22. The number of nitrogens with one attached hydrogen (secondary N) is 2. The van der Waals surface area contributed by atoms with Crippen molar-refractivity contribution in [2.24, 2.45) is 5.92 Å². The molecule has 1 unspecified atom stereocenters. The van der Waals surface area contributed by atoms with Crippen molar-refractivity contribution in [1.82, 2.24) is 10.3 Å². The first-order chi connectivity index (χ1) is 11.8. The van der Waals surface area contributed by atoms with E-state index >= 15 is 0 Å². The molecule has 0 spiro atoms. The minimum atomic E-state index is 0. The van der Waals surface area contributed by atoms with Gasteiger partial charge < -0.3 is 10.6 Å². The highest BCUT2D eigenvalue weighted by Crippen LogP contribution is 2.37. The maximum atomic E-state index is 12.4. The maximum Gasteiger partial charge on any atom is 0.229 e. The Hall–Kier alpha value is -1.43. The van der Waals surface area contributed by atoms with Crippen LogP contribution in [0.2, 0.25) is 0 Å². The van der Waals surface area contributed by atoms with Gasteiger partial charge >= 0.3 is 0 Å². The largest absolute Gasteiger partial charge is 0.317 e. The summed E-state index contributed by atoms with van der Waals surface area (Å²) in [5, 5.41) is 7.15. The number of fused-ring (bicyclic) bond motifs is 1. The van der Waals surface area contributed by atoms with Crippen LogP contribution in [0.15, 0.2) is 30.3 Å². The lowest BCUT2D eigenvalue weighted by molar-refractivity contribution is -0.120. The van der Waals surface area contributed by atoms with Gasteiger partial charge in [-0.1, -0.05) is 30.3 Å². The summed E-state index contributed by atoms with van der Waals surface area (Å²) in [6.45, 7) is 1.87. The monoisotopic (exact) mass is 377 g/mol. The lowest BCUT2D eigenvalue weighted by Crippen LogP contribution is -2.34. The molecule has 0 radical (unpaired) electrons. The van der Waals surface area contributed by atoms with Gasteiger partial charge in [0.15, 0.2) is 5.13 Å². The molecular weight excluding hydrogens is 354 g/mol. The minimum absolute atomic E-state index is 0. The smallest absolute Gasteiger partial charge is 0.229 e. The molecule has 1 atom stereocenters. The summed E-state index contributed by atoms with van der Waals surface area (Å²) < 4.78 is 0. The van der Waals surface area contributed by atoms with Crippen LogP contribution < -0.4 is 10.6 Å². The summed E-state index contributed by atoms with van der Waals surface area (Å²) in [5.74, 6) is 0.846. The second-order valence-corrected chi connectivity index (χ2v) is 7.84. The first kappa shape index (κ1) is 18.4. The predicted octanol–water partition coefficient (Wildman–Crippen LogP) is 3.78. The van der Waals surface area contributed by atoms with Crippen molar-refractivity contribution in [2.75, 3.05) is 18.4 Å². The normalized spacial score (nSPS) is 20.4. The van der Waals surface area contributed by atoms with Crippen molar-refractivity contribution in [3.8, 4) is 0 Å². The molecule has 134 valence electrons. The van der Waals surface area contributed by atoms with Crippen molar-refractivity contribution in [1.29, 1.82) is 0 Å². The van der Waals surface area contributed by atoms with Crippen LogP contribution in [-0.2, 0) is 17.6 Å². The molecule has 4 rings (SSSR count). The molecule has 2 aromatic rings. The highest BCUT2D eigenvalue weighted by molar-refractivity contribution is 7.15. The molecule has 1 amide bonds. The first-order valence-corrected chi connectivity index (χ1v) is 9.66. The number of aryl methyl sites for hydroxylation is 1. The highest BCUT2D eigenvalue weighted by Gasteiger charge is 2.26. The summed E-state index contributed by atoms with van der Waals surface area (Å²) in [6, 6.07) is 10.7. The van der Waals surface area contributed by atoms with E-state index in [0.717, 1.165) is 50.3 Å². The van der Waals surface area contributed by atoms with Crippen LogP contribution in [0.4, 0.5) is 5.13 Å². The SMILES string of the molecule is Cl.O=C(Nc1nc2c(s1)CC(c1ccccc1)CC2)C1CCNCC1. The Morgan fingerprint density at radius 2 is 1.92 bits per heavy atom. The highest BCUT2D eigenvalue weighted by atomic mass is 35.5. The van der Waals surface area contributed by atoms with Crippen molar-refractivity contribution in [3.05, 3.63) is 46.5 Å². The molecule has 2 N–H and O–H groups in total. The molecule has 2 aliphatic rings. The third-order valence-corrected chi connectivity index (χ3v) is 6.19. The number of carbonyl (C=O) groups excluding carboxylic acids is 1. The molecule has 0 saturated carbocycles. The number of carbonyl (C=O) groups is 1. The number of hydrogen-bond acceptors (Lipinski definition) is 4. The number of piperidine rings is 1. The van der Waals surface area contributed by atoms with E-state index in [2.05, 4.69) is 45.9 Å². The molecule has 0 bridgehead atoms. The van der Waals surface area contributed by atoms with Gasteiger partial charge in [-0.3, -0.25) is 4.79 Å². The van der Waals surface area contributed by atoms with Crippen LogP contribution in [-0.4, -0.2) is 24.0 Å². The summed E-state index contributed by atoms with van der Waals surface area (Å²) in [7, 11) is 0. The van der Waals surface area contributed by atoms with Gasteiger partial charge in [-0.25, -0.2) is 4.98 Å². The molecule has 4 nitrogen and oxygen atoms in total. The zero-order valence-electron chi connectivity index (χ0n) is 14.2. The molecule has 1 fully saturated rings. The second kappa shape index (κ2) is 8.30. The quantitative estimate of drug-likeness (QED) is 0.855. The van der Waals surface area contributed by atoms with Crippen LogP contribution in [0.5, 0.6) is 0 Å². The summed E-state index contributed by atoms with van der Waals surface area (Å²) >= 11 is 1.67. The Kier molecular flexibility index (Phi) is 6.10. The van der Waals surface area contributed by atoms with Crippen molar-refractivity contribution < 1.29 is 4.79 Å². The summed E-state index contributed by atoms with van der Waals surface area (Å²) in [4.78, 5) is 18.4. The Balaban J connectivity index is 0.00000182. The third-order valence-electron chi connectivity index (χ3n) is 5.15. The molecule has 1 aromatic heterocycles. The van der Waals surface area contributed by atoms with Gasteiger partial charge in [0.1, 0.15) is 0 Å². The van der Waals surface area contributed by atoms with E-state index in [1.54, 1.807) is 11.3 Å². The number of amides is 1. The number of rotatable bonds is 3. The van der Waals surface area contributed by atoms with Crippen molar-refractivity contribution in [3.63, 3.8) is 0 Å². The molecule has 25 heavy (non-hydrogen) atoms. The first-order valence-electron chi connectivity index (χ1n) is 8.84. The predicted molar refractivity (Wildman–Crippen MR) is 105 cm³/mol.